The summed E-state index contributed by atoms with van der Waals surface area (Å²) in [6.45, 7) is 0. The molecule has 0 saturated carbocycles. The lowest BCUT2D eigenvalue weighted by Crippen LogP contribution is -2.29. The largest absolute Gasteiger partial charge is 0.479 e. The molecule has 1 aliphatic heterocycles. The van der Waals surface area contributed by atoms with Crippen LogP contribution in [0.1, 0.15) is 12.8 Å². The Kier molecular flexibility index (Phi) is 4.69. The van der Waals surface area contributed by atoms with E-state index in [9.17, 15) is 9.59 Å². The maximum absolute atomic E-state index is 12.0. The number of carbonyl (C=O) groups excluding carboxylic acids is 1. The van der Waals surface area contributed by atoms with E-state index in [0.29, 0.717) is 23.6 Å². The van der Waals surface area contributed by atoms with E-state index < -0.39 is 18.2 Å². The SMILES string of the molecule is CN(C)c1ccc(NC(=O)[C@@H]2CC[C@H](C(=O)O)O2)cc1Cl. The number of ether oxygens (including phenoxy) is 1. The van der Waals surface area contributed by atoms with Crippen molar-refractivity contribution in [2.45, 2.75) is 25.0 Å². The molecule has 0 spiro atoms. The summed E-state index contributed by atoms with van der Waals surface area (Å²) < 4.78 is 5.20. The number of carboxylic acids is 1. The van der Waals surface area contributed by atoms with E-state index >= 15 is 0 Å². The van der Waals surface area contributed by atoms with Gasteiger partial charge in [0.05, 0.1) is 10.7 Å². The van der Waals surface area contributed by atoms with Crippen molar-refractivity contribution in [3.8, 4) is 0 Å². The van der Waals surface area contributed by atoms with Crippen molar-refractivity contribution in [3.63, 3.8) is 0 Å². The number of carboxylic acid groups (broad SMARTS) is 1. The highest BCUT2D eigenvalue weighted by Gasteiger charge is 2.34. The highest BCUT2D eigenvalue weighted by molar-refractivity contribution is 6.33. The molecule has 0 unspecified atom stereocenters. The summed E-state index contributed by atoms with van der Waals surface area (Å²) in [5.41, 5.74) is 1.40. The number of benzene rings is 1. The molecule has 7 heteroatoms. The number of nitrogens with zero attached hydrogens (tertiary/aromatic N) is 1. The Morgan fingerprint density at radius 3 is 2.52 bits per heavy atom. The van der Waals surface area contributed by atoms with E-state index in [1.165, 1.54) is 0 Å². The third-order valence-corrected chi connectivity index (χ3v) is 3.59. The van der Waals surface area contributed by atoms with Crippen molar-refractivity contribution < 1.29 is 19.4 Å². The van der Waals surface area contributed by atoms with Gasteiger partial charge in [0, 0.05) is 19.8 Å². The van der Waals surface area contributed by atoms with E-state index in [1.54, 1.807) is 18.2 Å². The van der Waals surface area contributed by atoms with E-state index in [4.69, 9.17) is 21.4 Å². The molecule has 2 rings (SSSR count). The summed E-state index contributed by atoms with van der Waals surface area (Å²) in [5.74, 6) is -1.39. The molecule has 0 bridgehead atoms. The molecule has 21 heavy (non-hydrogen) atoms. The first-order valence-electron chi connectivity index (χ1n) is 6.54. The molecule has 0 aliphatic carbocycles. The van der Waals surface area contributed by atoms with Crippen LogP contribution in [0.3, 0.4) is 0 Å². The lowest BCUT2D eigenvalue weighted by molar-refractivity contribution is -0.150. The second-order valence-electron chi connectivity index (χ2n) is 5.08. The van der Waals surface area contributed by atoms with E-state index in [2.05, 4.69) is 5.32 Å². The molecule has 1 heterocycles. The van der Waals surface area contributed by atoms with Gasteiger partial charge in [-0.3, -0.25) is 4.79 Å². The minimum Gasteiger partial charge on any atom is -0.479 e. The highest BCUT2D eigenvalue weighted by atomic mass is 35.5. The standard InChI is InChI=1S/C14H17ClN2O4/c1-17(2)10-4-3-8(7-9(10)15)16-13(18)11-5-6-12(21-11)14(19)20/h3-4,7,11-12H,5-6H2,1-2H3,(H,16,18)(H,19,20)/t11-,12+/m0/s1. The summed E-state index contributed by atoms with van der Waals surface area (Å²) in [6, 6.07) is 5.19. The smallest absolute Gasteiger partial charge is 0.332 e. The van der Waals surface area contributed by atoms with Crippen LogP contribution in [0, 0.1) is 0 Å². The normalized spacial score (nSPS) is 21.1. The Morgan fingerprint density at radius 1 is 1.33 bits per heavy atom. The van der Waals surface area contributed by atoms with Crippen LogP contribution in [0.5, 0.6) is 0 Å². The molecule has 1 amide bonds. The van der Waals surface area contributed by atoms with Gasteiger partial charge in [-0.1, -0.05) is 11.6 Å². The summed E-state index contributed by atoms with van der Waals surface area (Å²) in [4.78, 5) is 24.7. The second kappa shape index (κ2) is 6.32. The van der Waals surface area contributed by atoms with Crippen molar-refractivity contribution in [3.05, 3.63) is 23.2 Å². The van der Waals surface area contributed by atoms with Gasteiger partial charge in [0.25, 0.3) is 5.91 Å². The highest BCUT2D eigenvalue weighted by Crippen LogP contribution is 2.28. The second-order valence-corrected chi connectivity index (χ2v) is 5.49. The van der Waals surface area contributed by atoms with E-state index in [1.807, 2.05) is 19.0 Å². The molecule has 1 fully saturated rings. The van der Waals surface area contributed by atoms with E-state index in [0.717, 1.165) is 5.69 Å². The molecular formula is C14H17ClN2O4. The quantitative estimate of drug-likeness (QED) is 0.888. The molecule has 114 valence electrons. The first-order valence-corrected chi connectivity index (χ1v) is 6.92. The van der Waals surface area contributed by atoms with E-state index in [-0.39, 0.29) is 5.91 Å². The number of rotatable bonds is 4. The number of anilines is 2. The topological polar surface area (TPSA) is 78.9 Å². The van der Waals surface area contributed by atoms with Crippen LogP contribution in [-0.4, -0.2) is 43.3 Å². The average Bonchev–Trinajstić information content (AvgIpc) is 2.88. The number of hydrogen-bond acceptors (Lipinski definition) is 4. The molecule has 6 nitrogen and oxygen atoms in total. The van der Waals surface area contributed by atoms with Crippen LogP contribution < -0.4 is 10.2 Å². The fourth-order valence-electron chi connectivity index (χ4n) is 2.18. The van der Waals surface area contributed by atoms with Gasteiger partial charge >= 0.3 is 5.97 Å². The predicted octanol–water partition coefficient (Wildman–Crippen LogP) is 1.98. The molecule has 1 aromatic carbocycles. The monoisotopic (exact) mass is 312 g/mol. The molecule has 2 N–H and O–H groups in total. The van der Waals surface area contributed by atoms with Gasteiger partial charge < -0.3 is 20.1 Å². The van der Waals surface area contributed by atoms with Crippen LogP contribution in [0.15, 0.2) is 18.2 Å². The summed E-state index contributed by atoms with van der Waals surface area (Å²) >= 11 is 6.13. The summed E-state index contributed by atoms with van der Waals surface area (Å²) in [7, 11) is 3.75. The molecule has 0 radical (unpaired) electrons. The minimum atomic E-state index is -1.04. The Hall–Kier alpha value is -1.79. The van der Waals surface area contributed by atoms with Crippen molar-refractivity contribution >= 4 is 34.9 Å². The predicted molar refractivity (Wildman–Crippen MR) is 79.9 cm³/mol. The van der Waals surface area contributed by atoms with Gasteiger partial charge in [-0.25, -0.2) is 4.79 Å². The zero-order valence-electron chi connectivity index (χ0n) is 11.8. The number of amides is 1. The number of hydrogen-bond donors (Lipinski definition) is 2. The van der Waals surface area contributed by atoms with Gasteiger partial charge in [0.2, 0.25) is 0 Å². The fraction of sp³-hybridized carbons (Fsp3) is 0.429. The lowest BCUT2D eigenvalue weighted by atomic mass is 10.2. The van der Waals surface area contributed by atoms with Gasteiger partial charge in [-0.15, -0.1) is 0 Å². The number of aliphatic carboxylic acids is 1. The lowest BCUT2D eigenvalue weighted by Gasteiger charge is -2.16. The zero-order chi connectivity index (χ0) is 15.6. The molecule has 1 saturated heterocycles. The maximum atomic E-state index is 12.0. The minimum absolute atomic E-state index is 0.341. The third kappa shape index (κ3) is 3.65. The Labute approximate surface area is 127 Å². The van der Waals surface area contributed by atoms with Crippen molar-refractivity contribution in [2.75, 3.05) is 24.3 Å². The Balaban J connectivity index is 2.00. The number of halogens is 1. The average molecular weight is 313 g/mol. The number of carbonyl (C=O) groups is 2. The van der Waals surface area contributed by atoms with Crippen molar-refractivity contribution in [2.24, 2.45) is 0 Å². The van der Waals surface area contributed by atoms with Crippen LogP contribution >= 0.6 is 11.6 Å². The Bertz CT molecular complexity index is 562. The maximum Gasteiger partial charge on any atom is 0.332 e. The molecule has 1 aromatic rings. The van der Waals surface area contributed by atoms with Crippen LogP contribution in [0.4, 0.5) is 11.4 Å². The summed E-state index contributed by atoms with van der Waals surface area (Å²) in [6.07, 6.45) is -0.904. The third-order valence-electron chi connectivity index (χ3n) is 3.28. The first kappa shape index (κ1) is 15.6. The first-order chi connectivity index (χ1) is 9.88. The molecule has 0 aromatic heterocycles. The molecular weight excluding hydrogens is 296 g/mol. The zero-order valence-corrected chi connectivity index (χ0v) is 12.6. The van der Waals surface area contributed by atoms with Gasteiger partial charge in [0.15, 0.2) is 6.10 Å². The van der Waals surface area contributed by atoms with Gasteiger partial charge in [0.1, 0.15) is 6.10 Å². The fourth-order valence-corrected chi connectivity index (χ4v) is 2.53. The van der Waals surface area contributed by atoms with Crippen LogP contribution in [-0.2, 0) is 14.3 Å². The summed E-state index contributed by atoms with van der Waals surface area (Å²) in [5, 5.41) is 12.1. The van der Waals surface area contributed by atoms with Gasteiger partial charge in [-0.2, -0.15) is 0 Å². The Morgan fingerprint density at radius 2 is 2.00 bits per heavy atom. The van der Waals surface area contributed by atoms with Crippen molar-refractivity contribution in [1.29, 1.82) is 0 Å². The van der Waals surface area contributed by atoms with Crippen LogP contribution in [0.2, 0.25) is 5.02 Å². The van der Waals surface area contributed by atoms with Crippen LogP contribution in [0.25, 0.3) is 0 Å². The molecule has 2 atom stereocenters. The molecule has 1 aliphatic rings. The van der Waals surface area contributed by atoms with Crippen molar-refractivity contribution in [1.82, 2.24) is 0 Å². The number of nitrogens with one attached hydrogen (secondary N) is 1. The van der Waals surface area contributed by atoms with Gasteiger partial charge in [-0.05, 0) is 31.0 Å².